The number of furan rings is 1. The van der Waals surface area contributed by atoms with Gasteiger partial charge in [-0.15, -0.1) is 0 Å². The summed E-state index contributed by atoms with van der Waals surface area (Å²) in [5.74, 6) is -1.00. The number of carbonyl (C=O) groups is 3. The molecule has 0 unspecified atom stereocenters. The minimum absolute atomic E-state index is 0.0230. The molecule has 1 aromatic heterocycles. The maximum absolute atomic E-state index is 12.5. The van der Waals surface area contributed by atoms with E-state index >= 15 is 0 Å². The number of ether oxygens (including phenoxy) is 1. The Morgan fingerprint density at radius 2 is 1.82 bits per heavy atom. The van der Waals surface area contributed by atoms with Gasteiger partial charge in [-0.05, 0) is 49.7 Å². The quantitative estimate of drug-likeness (QED) is 0.516. The summed E-state index contributed by atoms with van der Waals surface area (Å²) < 4.78 is 10.8. The van der Waals surface area contributed by atoms with E-state index in [0.29, 0.717) is 16.8 Å². The third-order valence-electron chi connectivity index (χ3n) is 4.31. The first kappa shape index (κ1) is 19.4. The van der Waals surface area contributed by atoms with Gasteiger partial charge in [-0.3, -0.25) is 14.4 Å². The summed E-state index contributed by atoms with van der Waals surface area (Å²) in [6.07, 6.45) is 0.646. The molecule has 0 fully saturated rings. The number of rotatable bonds is 6. The van der Waals surface area contributed by atoms with Crippen LogP contribution in [0.2, 0.25) is 0 Å². The number of nitrogens with one attached hydrogen (secondary N) is 1. The van der Waals surface area contributed by atoms with Crippen molar-refractivity contribution < 1.29 is 23.5 Å². The largest absolute Gasteiger partial charge is 0.464 e. The summed E-state index contributed by atoms with van der Waals surface area (Å²) in [7, 11) is 0. The standard InChI is InChI=1S/C22H21NO5/c1-13-4-9-19-17(12-27-20(19)10-13)11-21(25)28-14(2)22(26)16-5-7-18(8-6-16)23-15(3)24/h4-10,12,14H,11H2,1-3H3,(H,23,24)/t14-/m1/s1. The predicted octanol–water partition coefficient (Wildman–Crippen LogP) is 4.06. The highest BCUT2D eigenvalue weighted by Crippen LogP contribution is 2.23. The second-order valence-electron chi connectivity index (χ2n) is 6.69. The number of anilines is 1. The van der Waals surface area contributed by atoms with Crippen LogP contribution in [0, 0.1) is 6.92 Å². The zero-order chi connectivity index (χ0) is 20.3. The van der Waals surface area contributed by atoms with E-state index in [9.17, 15) is 14.4 Å². The Morgan fingerprint density at radius 1 is 1.11 bits per heavy atom. The molecule has 6 nitrogen and oxygen atoms in total. The molecular formula is C22H21NO5. The van der Waals surface area contributed by atoms with E-state index in [1.807, 2.05) is 25.1 Å². The van der Waals surface area contributed by atoms with Gasteiger partial charge in [0.05, 0.1) is 12.7 Å². The highest BCUT2D eigenvalue weighted by atomic mass is 16.5. The molecule has 1 atom stereocenters. The lowest BCUT2D eigenvalue weighted by molar-refractivity contribution is -0.145. The lowest BCUT2D eigenvalue weighted by atomic mass is 10.1. The Morgan fingerprint density at radius 3 is 2.50 bits per heavy atom. The normalized spacial score (nSPS) is 11.8. The monoisotopic (exact) mass is 379 g/mol. The number of amides is 1. The molecule has 0 spiro atoms. The van der Waals surface area contributed by atoms with Crippen molar-refractivity contribution in [3.05, 3.63) is 65.4 Å². The van der Waals surface area contributed by atoms with Crippen molar-refractivity contribution in [3.63, 3.8) is 0 Å². The zero-order valence-electron chi connectivity index (χ0n) is 15.9. The Bertz CT molecular complexity index is 1030. The number of ketones is 1. The summed E-state index contributed by atoms with van der Waals surface area (Å²) in [5, 5.41) is 3.49. The maximum atomic E-state index is 12.5. The molecule has 0 radical (unpaired) electrons. The first-order valence-corrected chi connectivity index (χ1v) is 8.91. The maximum Gasteiger partial charge on any atom is 0.311 e. The predicted molar refractivity (Wildman–Crippen MR) is 105 cm³/mol. The number of hydrogen-bond acceptors (Lipinski definition) is 5. The average Bonchev–Trinajstić information content (AvgIpc) is 3.02. The molecule has 0 saturated carbocycles. The fourth-order valence-corrected chi connectivity index (χ4v) is 2.93. The summed E-state index contributed by atoms with van der Waals surface area (Å²) in [5.41, 5.74) is 3.50. The van der Waals surface area contributed by atoms with E-state index in [0.717, 1.165) is 16.5 Å². The molecule has 0 saturated heterocycles. The van der Waals surface area contributed by atoms with Crippen LogP contribution in [0.25, 0.3) is 11.0 Å². The molecule has 1 heterocycles. The second kappa shape index (κ2) is 8.08. The SMILES string of the molecule is CC(=O)Nc1ccc(C(=O)[C@@H](C)OC(=O)Cc2coc3cc(C)ccc23)cc1. The third-order valence-corrected chi connectivity index (χ3v) is 4.31. The first-order chi connectivity index (χ1) is 13.3. The van der Waals surface area contributed by atoms with Gasteiger partial charge in [-0.1, -0.05) is 12.1 Å². The van der Waals surface area contributed by atoms with Gasteiger partial charge in [-0.25, -0.2) is 0 Å². The Hall–Kier alpha value is -3.41. The van der Waals surface area contributed by atoms with Gasteiger partial charge in [0, 0.05) is 29.1 Å². The van der Waals surface area contributed by atoms with Crippen molar-refractivity contribution in [3.8, 4) is 0 Å². The van der Waals surface area contributed by atoms with E-state index in [2.05, 4.69) is 5.32 Å². The number of esters is 1. The fraction of sp³-hybridized carbons (Fsp3) is 0.227. The molecule has 3 rings (SSSR count). The summed E-state index contributed by atoms with van der Waals surface area (Å²) in [4.78, 5) is 35.8. The third kappa shape index (κ3) is 4.46. The van der Waals surface area contributed by atoms with Crippen molar-refractivity contribution in [1.29, 1.82) is 0 Å². The molecule has 0 aliphatic heterocycles. The van der Waals surface area contributed by atoms with E-state index in [4.69, 9.17) is 9.15 Å². The number of Topliss-reactive ketones (excluding diaryl/α,β-unsaturated/α-hetero) is 1. The summed E-state index contributed by atoms with van der Waals surface area (Å²) in [6, 6.07) is 12.2. The van der Waals surface area contributed by atoms with Crippen LogP contribution >= 0.6 is 0 Å². The molecule has 2 aromatic carbocycles. The lowest BCUT2D eigenvalue weighted by Gasteiger charge is -2.12. The first-order valence-electron chi connectivity index (χ1n) is 8.91. The van der Waals surface area contributed by atoms with Crippen molar-refractivity contribution in [2.24, 2.45) is 0 Å². The molecule has 0 aliphatic rings. The Balaban J connectivity index is 1.63. The van der Waals surface area contributed by atoms with Gasteiger partial charge < -0.3 is 14.5 Å². The van der Waals surface area contributed by atoms with Crippen LogP contribution in [0.4, 0.5) is 5.69 Å². The number of benzene rings is 2. The van der Waals surface area contributed by atoms with E-state index in [1.54, 1.807) is 37.5 Å². The second-order valence-corrected chi connectivity index (χ2v) is 6.69. The van der Waals surface area contributed by atoms with Crippen LogP contribution in [0.15, 0.2) is 53.1 Å². The van der Waals surface area contributed by atoms with E-state index in [1.165, 1.54) is 6.92 Å². The van der Waals surface area contributed by atoms with Gasteiger partial charge in [0.2, 0.25) is 11.7 Å². The van der Waals surface area contributed by atoms with Gasteiger partial charge in [0.15, 0.2) is 6.10 Å². The van der Waals surface area contributed by atoms with Crippen LogP contribution in [0.5, 0.6) is 0 Å². The molecule has 28 heavy (non-hydrogen) atoms. The van der Waals surface area contributed by atoms with Crippen LogP contribution in [0.1, 0.15) is 35.3 Å². The van der Waals surface area contributed by atoms with Gasteiger partial charge in [0.25, 0.3) is 0 Å². The molecule has 1 N–H and O–H groups in total. The molecule has 144 valence electrons. The molecule has 0 aliphatic carbocycles. The molecular weight excluding hydrogens is 358 g/mol. The van der Waals surface area contributed by atoms with Crippen molar-refractivity contribution >= 4 is 34.3 Å². The van der Waals surface area contributed by atoms with Crippen molar-refractivity contribution in [2.45, 2.75) is 33.3 Å². The highest BCUT2D eigenvalue weighted by Gasteiger charge is 2.21. The van der Waals surface area contributed by atoms with Crippen LogP contribution in [-0.4, -0.2) is 23.8 Å². The van der Waals surface area contributed by atoms with E-state index < -0.39 is 12.1 Å². The fourth-order valence-electron chi connectivity index (χ4n) is 2.93. The van der Waals surface area contributed by atoms with Crippen molar-refractivity contribution in [2.75, 3.05) is 5.32 Å². The molecule has 1 amide bonds. The topological polar surface area (TPSA) is 85.6 Å². The van der Waals surface area contributed by atoms with Gasteiger partial charge in [0.1, 0.15) is 5.58 Å². The summed E-state index contributed by atoms with van der Waals surface area (Å²) >= 11 is 0. The number of carbonyl (C=O) groups excluding carboxylic acids is 3. The van der Waals surface area contributed by atoms with Gasteiger partial charge >= 0.3 is 5.97 Å². The Labute approximate surface area is 162 Å². The smallest absolute Gasteiger partial charge is 0.311 e. The van der Waals surface area contributed by atoms with Crippen LogP contribution in [-0.2, 0) is 20.7 Å². The number of fused-ring (bicyclic) bond motifs is 1. The highest BCUT2D eigenvalue weighted by molar-refractivity contribution is 6.01. The Kier molecular flexibility index (Phi) is 5.59. The molecule has 0 bridgehead atoms. The van der Waals surface area contributed by atoms with E-state index in [-0.39, 0.29) is 18.1 Å². The molecule has 6 heteroatoms. The average molecular weight is 379 g/mol. The van der Waals surface area contributed by atoms with Crippen molar-refractivity contribution in [1.82, 2.24) is 0 Å². The minimum atomic E-state index is -0.917. The lowest BCUT2D eigenvalue weighted by Crippen LogP contribution is -2.25. The summed E-state index contributed by atoms with van der Waals surface area (Å²) in [6.45, 7) is 4.91. The molecule has 3 aromatic rings. The van der Waals surface area contributed by atoms with Gasteiger partial charge in [-0.2, -0.15) is 0 Å². The van der Waals surface area contributed by atoms with Crippen LogP contribution < -0.4 is 5.32 Å². The minimum Gasteiger partial charge on any atom is -0.464 e. The number of hydrogen-bond donors (Lipinski definition) is 1. The number of aryl methyl sites for hydroxylation is 1. The van der Waals surface area contributed by atoms with Crippen LogP contribution in [0.3, 0.4) is 0 Å². The zero-order valence-corrected chi connectivity index (χ0v) is 15.9.